The van der Waals surface area contributed by atoms with Gasteiger partial charge in [0, 0.05) is 27.1 Å². The summed E-state index contributed by atoms with van der Waals surface area (Å²) in [5.41, 5.74) is 1.30. The summed E-state index contributed by atoms with van der Waals surface area (Å²) >= 11 is 12.2. The van der Waals surface area contributed by atoms with Crippen LogP contribution in [0.4, 0.5) is 0 Å². The molecule has 6 rings (SSSR count). The number of fused-ring (bicyclic) bond motifs is 2. The molecule has 0 aromatic heterocycles. The lowest BCUT2D eigenvalue weighted by atomic mass is 9.40. The van der Waals surface area contributed by atoms with Gasteiger partial charge >= 0.3 is 5.97 Å². The van der Waals surface area contributed by atoms with Crippen LogP contribution in [0.1, 0.15) is 40.4 Å². The Morgan fingerprint density at radius 2 is 1.45 bits per heavy atom. The van der Waals surface area contributed by atoms with Crippen LogP contribution in [0, 0.1) is 5.41 Å². The highest BCUT2D eigenvalue weighted by atomic mass is 35.5. The minimum Gasteiger partial charge on any atom is -0.468 e. The molecule has 1 aliphatic carbocycles. The molecule has 2 atom stereocenters. The van der Waals surface area contributed by atoms with E-state index in [2.05, 4.69) is 5.32 Å². The number of hydrogen-bond acceptors (Lipinski definition) is 4. The molecule has 0 unspecified atom stereocenters. The minimum atomic E-state index is -0.720. The van der Waals surface area contributed by atoms with Crippen molar-refractivity contribution in [1.82, 2.24) is 5.32 Å². The zero-order valence-corrected chi connectivity index (χ0v) is 19.6. The molecule has 0 radical (unpaired) electrons. The first-order chi connectivity index (χ1) is 15.9. The molecule has 2 saturated heterocycles. The van der Waals surface area contributed by atoms with E-state index in [-0.39, 0.29) is 17.8 Å². The van der Waals surface area contributed by atoms with Crippen molar-refractivity contribution in [2.75, 3.05) is 7.11 Å². The second-order valence-electron chi connectivity index (χ2n) is 8.98. The molecule has 3 aromatic rings. The molecule has 1 N–H and O–H groups in total. The van der Waals surface area contributed by atoms with Gasteiger partial charge in [0.1, 0.15) is 6.04 Å². The maximum absolute atomic E-state index is 14.0. The summed E-state index contributed by atoms with van der Waals surface area (Å²) in [7, 11) is 1.40. The molecular weight excluding hydrogens is 457 g/mol. The van der Waals surface area contributed by atoms with Gasteiger partial charge in [-0.3, -0.25) is 14.9 Å². The minimum absolute atomic E-state index is 0.0430. The van der Waals surface area contributed by atoms with Crippen molar-refractivity contribution in [3.63, 3.8) is 0 Å². The fourth-order valence-electron chi connectivity index (χ4n) is 5.77. The van der Waals surface area contributed by atoms with Crippen molar-refractivity contribution in [2.45, 2.75) is 30.3 Å². The Balaban J connectivity index is 1.64. The van der Waals surface area contributed by atoms with Crippen LogP contribution in [0.15, 0.2) is 78.9 Å². The maximum Gasteiger partial charge on any atom is 0.323 e. The summed E-state index contributed by atoms with van der Waals surface area (Å²) < 4.78 is 5.20. The molecule has 3 fully saturated rings. The number of rotatable bonds is 5. The summed E-state index contributed by atoms with van der Waals surface area (Å²) in [5, 5.41) is 4.71. The highest BCUT2D eigenvalue weighted by Crippen LogP contribution is 2.67. The SMILES string of the molecule is COC(=O)[C@H]1N[C@@H](c2ccc(Cl)cc2)C2(C(=O)c3ccc(Cl)cc3)CC1(c1ccccc1)C2. The quantitative estimate of drug-likeness (QED) is 0.372. The summed E-state index contributed by atoms with van der Waals surface area (Å²) in [6.07, 6.45) is 1.07. The summed E-state index contributed by atoms with van der Waals surface area (Å²) in [6, 6.07) is 23.4. The molecule has 3 aliphatic rings. The van der Waals surface area contributed by atoms with Crippen LogP contribution in [-0.4, -0.2) is 24.9 Å². The largest absolute Gasteiger partial charge is 0.468 e. The molecule has 0 spiro atoms. The molecule has 6 heteroatoms. The first-order valence-corrected chi connectivity index (χ1v) is 11.6. The molecule has 3 aromatic carbocycles. The molecule has 2 bridgehead atoms. The molecule has 168 valence electrons. The monoisotopic (exact) mass is 479 g/mol. The summed E-state index contributed by atoms with van der Waals surface area (Å²) in [6.45, 7) is 0. The molecule has 4 nitrogen and oxygen atoms in total. The fraction of sp³-hybridized carbons (Fsp3) is 0.259. The van der Waals surface area contributed by atoms with Crippen molar-refractivity contribution in [1.29, 1.82) is 0 Å². The van der Waals surface area contributed by atoms with Crippen LogP contribution in [0.2, 0.25) is 10.0 Å². The molecule has 2 heterocycles. The third kappa shape index (κ3) is 3.48. The number of ether oxygens (including phenoxy) is 1. The van der Waals surface area contributed by atoms with Gasteiger partial charge in [-0.05, 0) is 60.4 Å². The Kier molecular flexibility index (Phi) is 5.56. The Hall–Kier alpha value is -2.66. The van der Waals surface area contributed by atoms with E-state index in [0.717, 1.165) is 11.1 Å². The summed E-state index contributed by atoms with van der Waals surface area (Å²) in [4.78, 5) is 27.0. The van der Waals surface area contributed by atoms with Gasteiger partial charge in [-0.25, -0.2) is 0 Å². The van der Waals surface area contributed by atoms with Crippen LogP contribution < -0.4 is 5.32 Å². The Labute approximate surface area is 202 Å². The number of carbonyl (C=O) groups is 2. The van der Waals surface area contributed by atoms with Crippen molar-refractivity contribution >= 4 is 35.0 Å². The van der Waals surface area contributed by atoms with E-state index in [4.69, 9.17) is 27.9 Å². The van der Waals surface area contributed by atoms with Gasteiger partial charge in [-0.1, -0.05) is 65.7 Å². The van der Waals surface area contributed by atoms with Gasteiger partial charge in [0.25, 0.3) is 0 Å². The van der Waals surface area contributed by atoms with E-state index in [1.165, 1.54) is 7.11 Å². The highest BCUT2D eigenvalue weighted by molar-refractivity contribution is 6.31. The van der Waals surface area contributed by atoms with Crippen LogP contribution in [0.5, 0.6) is 0 Å². The van der Waals surface area contributed by atoms with Crippen molar-refractivity contribution in [2.24, 2.45) is 5.41 Å². The lowest BCUT2D eigenvalue weighted by molar-refractivity contribution is -0.156. The predicted octanol–water partition coefficient (Wildman–Crippen LogP) is 5.78. The van der Waals surface area contributed by atoms with E-state index < -0.39 is 16.9 Å². The third-order valence-electron chi connectivity index (χ3n) is 7.25. The van der Waals surface area contributed by atoms with Crippen LogP contribution in [0.25, 0.3) is 0 Å². The van der Waals surface area contributed by atoms with Crippen LogP contribution in [-0.2, 0) is 14.9 Å². The number of carbonyl (C=O) groups excluding carboxylic acids is 2. The number of hydrogen-bond donors (Lipinski definition) is 1. The summed E-state index contributed by atoms with van der Waals surface area (Å²) in [5.74, 6) is -0.286. The number of piperidine rings is 2. The number of Topliss-reactive ketones (excluding diaryl/α,β-unsaturated/α-hetero) is 1. The zero-order chi connectivity index (χ0) is 23.2. The topological polar surface area (TPSA) is 55.4 Å². The van der Waals surface area contributed by atoms with Gasteiger partial charge < -0.3 is 4.74 Å². The number of halogens is 2. The maximum atomic E-state index is 14.0. The third-order valence-corrected chi connectivity index (χ3v) is 7.75. The molecular formula is C27H23Cl2NO3. The van der Waals surface area contributed by atoms with Crippen molar-refractivity contribution in [3.05, 3.63) is 106 Å². The zero-order valence-electron chi connectivity index (χ0n) is 18.1. The predicted molar refractivity (Wildman–Crippen MR) is 129 cm³/mol. The lowest BCUT2D eigenvalue weighted by Crippen LogP contribution is -2.74. The van der Waals surface area contributed by atoms with Gasteiger partial charge in [0.05, 0.1) is 12.5 Å². The second-order valence-corrected chi connectivity index (χ2v) is 9.85. The standard InChI is InChI=1S/C27H23Cl2NO3/c1-33-25(32)23-26(19-5-3-2-4-6-19)15-27(16-26,24(31)18-9-13-21(29)14-10-18)22(30-23)17-7-11-20(28)12-8-17/h2-14,22-23,30H,15-16H2,1H3/t22-,23+,26?,27?/m0/s1. The van der Waals surface area contributed by atoms with Crippen molar-refractivity contribution < 1.29 is 14.3 Å². The molecule has 1 saturated carbocycles. The second kappa shape index (κ2) is 8.28. The van der Waals surface area contributed by atoms with Crippen LogP contribution >= 0.6 is 23.2 Å². The lowest BCUT2D eigenvalue weighted by Gasteiger charge is -2.66. The molecule has 33 heavy (non-hydrogen) atoms. The highest BCUT2D eigenvalue weighted by Gasteiger charge is 2.71. The molecule has 0 amide bonds. The van der Waals surface area contributed by atoms with E-state index in [0.29, 0.717) is 28.5 Å². The van der Waals surface area contributed by atoms with E-state index in [9.17, 15) is 9.59 Å². The molecule has 2 aliphatic heterocycles. The first-order valence-electron chi connectivity index (χ1n) is 10.8. The van der Waals surface area contributed by atoms with Gasteiger partial charge in [-0.15, -0.1) is 0 Å². The van der Waals surface area contributed by atoms with E-state index in [1.807, 2.05) is 54.6 Å². The van der Waals surface area contributed by atoms with Gasteiger partial charge in [0.2, 0.25) is 0 Å². The first kappa shape index (κ1) is 22.1. The van der Waals surface area contributed by atoms with E-state index >= 15 is 0 Å². The normalized spacial score (nSPS) is 28.0. The number of esters is 1. The Morgan fingerprint density at radius 1 is 0.879 bits per heavy atom. The number of benzene rings is 3. The van der Waals surface area contributed by atoms with Gasteiger partial charge in [0.15, 0.2) is 5.78 Å². The smallest absolute Gasteiger partial charge is 0.323 e. The number of methoxy groups -OCH3 is 1. The number of nitrogens with one attached hydrogen (secondary N) is 1. The van der Waals surface area contributed by atoms with Gasteiger partial charge in [-0.2, -0.15) is 0 Å². The average molecular weight is 480 g/mol. The Bertz CT molecular complexity index is 1190. The van der Waals surface area contributed by atoms with Crippen molar-refractivity contribution in [3.8, 4) is 0 Å². The fourth-order valence-corrected chi connectivity index (χ4v) is 6.02. The number of ketones is 1. The Morgan fingerprint density at radius 3 is 2.03 bits per heavy atom. The average Bonchev–Trinajstić information content (AvgIpc) is 2.83. The van der Waals surface area contributed by atoms with Crippen LogP contribution in [0.3, 0.4) is 0 Å². The van der Waals surface area contributed by atoms with E-state index in [1.54, 1.807) is 24.3 Å².